The predicted molar refractivity (Wildman–Crippen MR) is 16.8 cm³/mol. The highest BCUT2D eigenvalue weighted by molar-refractivity contribution is 6.23. The van der Waals surface area contributed by atoms with Crippen molar-refractivity contribution >= 4 is 11.6 Å². The lowest BCUT2D eigenvalue weighted by Gasteiger charge is -1.78. The molecule has 0 aromatic carbocycles. The summed E-state index contributed by atoms with van der Waals surface area (Å²) in [5.41, 5.74) is 0. The third-order valence-corrected chi connectivity index (χ3v) is 0.601. The number of hydrogen-bond donors (Lipinski definition) is 1. The largest absolute Gasteiger partial charge is 0.351 e. The van der Waals surface area contributed by atoms with Crippen LogP contribution in [0.3, 0.4) is 0 Å². The summed E-state index contributed by atoms with van der Waals surface area (Å²) in [5.74, 6) is 0. The van der Waals surface area contributed by atoms with Gasteiger partial charge in [0, 0.05) is 0 Å². The van der Waals surface area contributed by atoms with E-state index in [2.05, 4.69) is 4.74 Å². The Morgan fingerprint density at radius 3 is 2.20 bits per heavy atom. The second-order valence-corrected chi connectivity index (χ2v) is 1.57. The van der Waals surface area contributed by atoms with Gasteiger partial charge in [0.2, 0.25) is 0 Å². The normalized spacial score (nSPS) is 49.2. The Balaban J connectivity index is 2.38. The molecule has 1 rings (SSSR count). The first kappa shape index (κ1) is 3.40. The molecule has 1 aliphatic heterocycles. The Morgan fingerprint density at radius 2 is 2.20 bits per heavy atom. The minimum absolute atomic E-state index is 0.272. The van der Waals surface area contributed by atoms with Crippen molar-refractivity contribution in [2.75, 3.05) is 6.61 Å². The zero-order valence-corrected chi connectivity index (χ0v) is 3.20. The van der Waals surface area contributed by atoms with E-state index in [9.17, 15) is 0 Å². The van der Waals surface area contributed by atoms with Crippen molar-refractivity contribution in [2.45, 2.75) is 5.25 Å². The summed E-state index contributed by atoms with van der Waals surface area (Å²) in [6, 6.07) is 0. The summed E-state index contributed by atoms with van der Waals surface area (Å²) < 4.78 is 4.22. The molecule has 1 saturated heterocycles. The van der Waals surface area contributed by atoms with E-state index in [0.29, 0.717) is 0 Å². The van der Waals surface area contributed by atoms with Gasteiger partial charge in [0.25, 0.3) is 5.25 Å². The monoisotopic (exact) mass is 94.0 g/mol. The molecular weight excluding hydrogens is 91.5 g/mol. The standard InChI is InChI=1S/C2H3ClO2/c3-2(4)1-5-2/h4H,1H2. The molecule has 1 N–H and O–H groups in total. The maximum atomic E-state index is 8.18. The molecule has 1 heterocycles. The second kappa shape index (κ2) is 0.644. The molecule has 0 spiro atoms. The smallest absolute Gasteiger partial charge is 0.270 e. The lowest BCUT2D eigenvalue weighted by molar-refractivity contribution is 0.116. The van der Waals surface area contributed by atoms with Gasteiger partial charge >= 0.3 is 0 Å². The highest BCUT2D eigenvalue weighted by atomic mass is 35.5. The molecule has 0 radical (unpaired) electrons. The Hall–Kier alpha value is 0.210. The molecule has 2 nitrogen and oxygen atoms in total. The van der Waals surface area contributed by atoms with E-state index < -0.39 is 5.25 Å². The van der Waals surface area contributed by atoms with Crippen LogP contribution in [-0.2, 0) is 4.74 Å². The number of ether oxygens (including phenoxy) is 1. The molecule has 0 aromatic heterocycles. The van der Waals surface area contributed by atoms with Crippen molar-refractivity contribution in [1.82, 2.24) is 0 Å². The Bertz CT molecular complexity index is 45.6. The molecule has 3 heteroatoms. The van der Waals surface area contributed by atoms with Crippen molar-refractivity contribution in [1.29, 1.82) is 0 Å². The van der Waals surface area contributed by atoms with Crippen LogP contribution in [0, 0.1) is 0 Å². The summed E-state index contributed by atoms with van der Waals surface area (Å²) >= 11 is 4.97. The van der Waals surface area contributed by atoms with Gasteiger partial charge in [0.15, 0.2) is 0 Å². The van der Waals surface area contributed by atoms with Crippen LogP contribution in [-0.4, -0.2) is 17.0 Å². The second-order valence-electron chi connectivity index (χ2n) is 0.978. The molecule has 1 unspecified atom stereocenters. The molecule has 1 atom stereocenters. The SMILES string of the molecule is OC1(Cl)CO1. The summed E-state index contributed by atoms with van der Waals surface area (Å²) in [6.45, 7) is 0.272. The van der Waals surface area contributed by atoms with Gasteiger partial charge in [0.05, 0.1) is 0 Å². The molecule has 0 amide bonds. The predicted octanol–water partition coefficient (Wildman–Crippen LogP) is -0.0985. The zero-order valence-electron chi connectivity index (χ0n) is 2.44. The molecule has 0 bridgehead atoms. The average Bonchev–Trinajstić information content (AvgIpc) is 1.76. The number of hydrogen-bond acceptors (Lipinski definition) is 2. The molecule has 30 valence electrons. The number of halogens is 1. The van der Waals surface area contributed by atoms with Gasteiger partial charge in [-0.15, -0.1) is 0 Å². The summed E-state index contributed by atoms with van der Waals surface area (Å²) in [6.07, 6.45) is 0. The Labute approximate surface area is 34.3 Å². The Morgan fingerprint density at radius 1 is 2.00 bits per heavy atom. The molecule has 1 aliphatic rings. The summed E-state index contributed by atoms with van der Waals surface area (Å²) in [4.78, 5) is 0. The van der Waals surface area contributed by atoms with Gasteiger partial charge in [-0.25, -0.2) is 0 Å². The minimum Gasteiger partial charge on any atom is -0.351 e. The first-order valence-corrected chi connectivity index (χ1v) is 1.64. The average molecular weight is 94.5 g/mol. The van der Waals surface area contributed by atoms with Crippen molar-refractivity contribution in [2.24, 2.45) is 0 Å². The third-order valence-electron chi connectivity index (χ3n) is 0.383. The van der Waals surface area contributed by atoms with Crippen molar-refractivity contribution in [3.8, 4) is 0 Å². The van der Waals surface area contributed by atoms with Crippen LogP contribution in [0.15, 0.2) is 0 Å². The maximum Gasteiger partial charge on any atom is 0.270 e. The molecule has 5 heavy (non-hydrogen) atoms. The topological polar surface area (TPSA) is 32.8 Å². The van der Waals surface area contributed by atoms with Crippen LogP contribution in [0.1, 0.15) is 0 Å². The number of rotatable bonds is 0. The van der Waals surface area contributed by atoms with E-state index in [4.69, 9.17) is 16.7 Å². The third kappa shape index (κ3) is 0.758. The highest BCUT2D eigenvalue weighted by Gasteiger charge is 2.39. The van der Waals surface area contributed by atoms with Crippen LogP contribution < -0.4 is 0 Å². The lowest BCUT2D eigenvalue weighted by Crippen LogP contribution is -1.92. The van der Waals surface area contributed by atoms with E-state index in [1.807, 2.05) is 0 Å². The number of aliphatic hydroxyl groups is 1. The van der Waals surface area contributed by atoms with Crippen molar-refractivity contribution in [3.05, 3.63) is 0 Å². The molecule has 0 aliphatic carbocycles. The van der Waals surface area contributed by atoms with Crippen LogP contribution in [0.5, 0.6) is 0 Å². The van der Waals surface area contributed by atoms with Crippen LogP contribution in [0.4, 0.5) is 0 Å². The molecule has 0 aromatic rings. The first-order chi connectivity index (χ1) is 2.21. The molecule has 1 fully saturated rings. The fourth-order valence-electron chi connectivity index (χ4n) is 0.0596. The highest BCUT2D eigenvalue weighted by Crippen LogP contribution is 2.26. The van der Waals surface area contributed by atoms with Crippen LogP contribution in [0.25, 0.3) is 0 Å². The quantitative estimate of drug-likeness (QED) is 0.336. The van der Waals surface area contributed by atoms with Gasteiger partial charge < -0.3 is 9.84 Å². The fourth-order valence-corrected chi connectivity index (χ4v) is 0.114. The van der Waals surface area contributed by atoms with E-state index in [1.165, 1.54) is 0 Å². The van der Waals surface area contributed by atoms with E-state index >= 15 is 0 Å². The van der Waals surface area contributed by atoms with E-state index in [0.717, 1.165) is 0 Å². The van der Waals surface area contributed by atoms with Crippen molar-refractivity contribution in [3.63, 3.8) is 0 Å². The van der Waals surface area contributed by atoms with Gasteiger partial charge in [-0.3, -0.25) is 0 Å². The minimum atomic E-state index is -1.28. The van der Waals surface area contributed by atoms with Gasteiger partial charge in [-0.2, -0.15) is 0 Å². The first-order valence-electron chi connectivity index (χ1n) is 1.26. The maximum absolute atomic E-state index is 8.18. The van der Waals surface area contributed by atoms with E-state index in [1.54, 1.807) is 0 Å². The number of alkyl halides is 1. The molecular formula is C2H3ClO2. The Kier molecular flexibility index (Phi) is 0.438. The summed E-state index contributed by atoms with van der Waals surface area (Å²) in [5, 5.41) is 6.90. The van der Waals surface area contributed by atoms with Crippen molar-refractivity contribution < 1.29 is 9.84 Å². The van der Waals surface area contributed by atoms with Crippen LogP contribution in [0.2, 0.25) is 0 Å². The fraction of sp³-hybridized carbons (Fsp3) is 1.00. The summed E-state index contributed by atoms with van der Waals surface area (Å²) in [7, 11) is 0. The van der Waals surface area contributed by atoms with Gasteiger partial charge in [-0.05, 0) is 0 Å². The number of epoxide rings is 1. The van der Waals surface area contributed by atoms with Crippen LogP contribution >= 0.6 is 11.6 Å². The van der Waals surface area contributed by atoms with Gasteiger partial charge in [-0.1, -0.05) is 11.6 Å². The lowest BCUT2D eigenvalue weighted by atomic mass is 10.9. The zero-order chi connectivity index (χ0) is 3.91. The van der Waals surface area contributed by atoms with E-state index in [-0.39, 0.29) is 6.61 Å². The van der Waals surface area contributed by atoms with Gasteiger partial charge in [0.1, 0.15) is 6.61 Å². The molecule has 0 saturated carbocycles.